The molecule has 0 radical (unpaired) electrons. The van der Waals surface area contributed by atoms with Crippen molar-refractivity contribution in [1.82, 2.24) is 4.98 Å². The Labute approximate surface area is 193 Å². The number of phenols is 1. The highest BCUT2D eigenvalue weighted by molar-refractivity contribution is 5.91. The smallest absolute Gasteiger partial charge is 0.343 e. The van der Waals surface area contributed by atoms with Gasteiger partial charge in [-0.05, 0) is 78.4 Å². The number of fused-ring (bicyclic) bond motifs is 1. The molecule has 1 N–H and O–H groups in total. The second-order valence-corrected chi connectivity index (χ2v) is 7.41. The first kappa shape index (κ1) is 21.1. The lowest BCUT2D eigenvalue weighted by molar-refractivity contribution is 0.0734. The number of carbonyl (C=O) groups is 1. The number of esters is 1. The van der Waals surface area contributed by atoms with Crippen molar-refractivity contribution in [2.24, 2.45) is 4.99 Å². The van der Waals surface area contributed by atoms with E-state index in [1.54, 1.807) is 42.6 Å². The summed E-state index contributed by atoms with van der Waals surface area (Å²) in [5, 5.41) is 10.5. The van der Waals surface area contributed by atoms with Gasteiger partial charge in [0.1, 0.15) is 22.8 Å². The number of ether oxygens (including phenoxy) is 1. The summed E-state index contributed by atoms with van der Waals surface area (Å²) in [6.07, 6.45) is 1.62. The number of hydrogen-bond donors (Lipinski definition) is 1. The third-order valence-electron chi connectivity index (χ3n) is 5.04. The Bertz CT molecular complexity index is 1470. The number of aromatic hydroxyl groups is 1. The lowest BCUT2D eigenvalue weighted by Crippen LogP contribution is -2.08. The molecule has 6 nitrogen and oxygen atoms in total. The van der Waals surface area contributed by atoms with Gasteiger partial charge in [-0.1, -0.05) is 12.1 Å². The van der Waals surface area contributed by atoms with Gasteiger partial charge < -0.3 is 14.3 Å². The highest BCUT2D eigenvalue weighted by Gasteiger charge is 2.12. The van der Waals surface area contributed by atoms with Crippen LogP contribution in [0.3, 0.4) is 0 Å². The van der Waals surface area contributed by atoms with E-state index in [9.17, 15) is 14.3 Å². The zero-order chi connectivity index (χ0) is 23.5. The number of halogens is 1. The van der Waals surface area contributed by atoms with Crippen LogP contribution in [0.5, 0.6) is 11.5 Å². The monoisotopic (exact) mass is 452 g/mol. The fraction of sp³-hybridized carbons (Fsp3) is 0. The van der Waals surface area contributed by atoms with Crippen LogP contribution in [-0.2, 0) is 0 Å². The molecule has 0 spiro atoms. The molecule has 0 bridgehead atoms. The highest BCUT2D eigenvalue weighted by Crippen LogP contribution is 2.33. The number of hydrogen-bond acceptors (Lipinski definition) is 6. The molecule has 1 aromatic heterocycles. The van der Waals surface area contributed by atoms with Gasteiger partial charge in [0.2, 0.25) is 5.89 Å². The molecule has 0 amide bonds. The van der Waals surface area contributed by atoms with E-state index in [2.05, 4.69) is 9.98 Å². The Balaban J connectivity index is 1.27. The van der Waals surface area contributed by atoms with Crippen molar-refractivity contribution in [2.45, 2.75) is 0 Å². The van der Waals surface area contributed by atoms with Crippen LogP contribution in [-0.4, -0.2) is 22.3 Å². The largest absolute Gasteiger partial charge is 0.507 e. The number of aromatic nitrogens is 1. The van der Waals surface area contributed by atoms with Crippen molar-refractivity contribution in [3.05, 3.63) is 108 Å². The minimum Gasteiger partial charge on any atom is -0.507 e. The second-order valence-electron chi connectivity index (χ2n) is 7.41. The first-order valence-corrected chi connectivity index (χ1v) is 10.4. The molecule has 0 aliphatic carbocycles. The molecule has 0 saturated heterocycles. The summed E-state index contributed by atoms with van der Waals surface area (Å²) < 4.78 is 24.0. The number of carbonyl (C=O) groups excluding carboxylic acids is 1. The van der Waals surface area contributed by atoms with E-state index in [1.807, 2.05) is 24.3 Å². The maximum Gasteiger partial charge on any atom is 0.343 e. The lowest BCUT2D eigenvalue weighted by Gasteiger charge is -2.05. The molecule has 5 rings (SSSR count). The third kappa shape index (κ3) is 4.54. The number of aliphatic imine (C=N–C) groups is 1. The van der Waals surface area contributed by atoms with E-state index in [0.717, 1.165) is 5.56 Å². The molecule has 0 saturated carbocycles. The number of benzene rings is 4. The minimum atomic E-state index is -0.573. The third-order valence-corrected chi connectivity index (χ3v) is 5.04. The fourth-order valence-corrected chi connectivity index (χ4v) is 3.29. The molecule has 0 aliphatic heterocycles. The molecule has 0 atom stereocenters. The van der Waals surface area contributed by atoms with Crippen LogP contribution in [0, 0.1) is 5.82 Å². The van der Waals surface area contributed by atoms with Crippen LogP contribution >= 0.6 is 0 Å². The van der Waals surface area contributed by atoms with Crippen molar-refractivity contribution >= 4 is 29.0 Å². The summed E-state index contributed by atoms with van der Waals surface area (Å²) >= 11 is 0. The molecule has 0 fully saturated rings. The molecular weight excluding hydrogens is 435 g/mol. The predicted octanol–water partition coefficient (Wildman–Crippen LogP) is 6.31. The second kappa shape index (κ2) is 8.99. The van der Waals surface area contributed by atoms with Gasteiger partial charge in [-0.3, -0.25) is 4.99 Å². The van der Waals surface area contributed by atoms with Crippen molar-refractivity contribution in [1.29, 1.82) is 0 Å². The number of nitrogens with zero attached hydrogens (tertiary/aromatic N) is 2. The molecule has 0 aliphatic rings. The van der Waals surface area contributed by atoms with Crippen LogP contribution in [0.1, 0.15) is 15.9 Å². The number of rotatable bonds is 5. The molecular formula is C27H17FN2O4. The van der Waals surface area contributed by atoms with Crippen LogP contribution in [0.25, 0.3) is 22.6 Å². The SMILES string of the molecule is O=C(Oc1ccc(C=Nc2ccc(-c3nc4ccccc4o3)c(O)c2)cc1)c1ccc(F)cc1. The van der Waals surface area contributed by atoms with Gasteiger partial charge in [-0.2, -0.15) is 0 Å². The Hall–Kier alpha value is -4.78. The summed E-state index contributed by atoms with van der Waals surface area (Å²) in [5.74, 6) is -0.304. The number of para-hydroxylation sites is 2. The van der Waals surface area contributed by atoms with Crippen molar-refractivity contribution in [3.63, 3.8) is 0 Å². The van der Waals surface area contributed by atoms with Crippen LogP contribution in [0.4, 0.5) is 10.1 Å². The molecule has 7 heteroatoms. The van der Waals surface area contributed by atoms with E-state index in [4.69, 9.17) is 9.15 Å². The Morgan fingerprint density at radius 2 is 1.74 bits per heavy atom. The normalized spacial score (nSPS) is 11.2. The molecule has 0 unspecified atom stereocenters. The predicted molar refractivity (Wildman–Crippen MR) is 126 cm³/mol. The highest BCUT2D eigenvalue weighted by atomic mass is 19.1. The Morgan fingerprint density at radius 1 is 0.971 bits per heavy atom. The molecule has 5 aromatic rings. The van der Waals surface area contributed by atoms with Gasteiger partial charge in [0.15, 0.2) is 5.58 Å². The maximum atomic E-state index is 13.0. The number of oxazole rings is 1. The van der Waals surface area contributed by atoms with Gasteiger partial charge in [0.05, 0.1) is 16.8 Å². The Morgan fingerprint density at radius 3 is 2.47 bits per heavy atom. The van der Waals surface area contributed by atoms with Crippen LogP contribution < -0.4 is 4.74 Å². The van der Waals surface area contributed by atoms with E-state index >= 15 is 0 Å². The van der Waals surface area contributed by atoms with Gasteiger partial charge in [0.25, 0.3) is 0 Å². The minimum absolute atomic E-state index is 0.00394. The van der Waals surface area contributed by atoms with Crippen molar-refractivity contribution < 1.29 is 23.4 Å². The molecule has 4 aromatic carbocycles. The van der Waals surface area contributed by atoms with Crippen LogP contribution in [0.2, 0.25) is 0 Å². The maximum absolute atomic E-state index is 13.0. The van der Waals surface area contributed by atoms with Crippen molar-refractivity contribution in [3.8, 4) is 23.0 Å². The van der Waals surface area contributed by atoms with Gasteiger partial charge in [-0.25, -0.2) is 14.2 Å². The fourth-order valence-electron chi connectivity index (χ4n) is 3.29. The van der Waals surface area contributed by atoms with Gasteiger partial charge >= 0.3 is 5.97 Å². The molecule has 166 valence electrons. The zero-order valence-corrected chi connectivity index (χ0v) is 17.7. The van der Waals surface area contributed by atoms with Gasteiger partial charge in [0, 0.05) is 12.3 Å². The molecule has 1 heterocycles. The van der Waals surface area contributed by atoms with Crippen molar-refractivity contribution in [2.75, 3.05) is 0 Å². The van der Waals surface area contributed by atoms with E-state index in [0.29, 0.717) is 34.0 Å². The quantitative estimate of drug-likeness (QED) is 0.192. The lowest BCUT2D eigenvalue weighted by atomic mass is 10.2. The summed E-state index contributed by atoms with van der Waals surface area (Å²) in [4.78, 5) is 20.9. The summed E-state index contributed by atoms with van der Waals surface area (Å²) in [7, 11) is 0. The average molecular weight is 452 g/mol. The zero-order valence-electron chi connectivity index (χ0n) is 17.7. The summed E-state index contributed by atoms with van der Waals surface area (Å²) in [5.41, 5.74) is 3.40. The first-order valence-electron chi connectivity index (χ1n) is 10.4. The van der Waals surface area contributed by atoms with E-state index in [-0.39, 0.29) is 11.3 Å². The Kier molecular flexibility index (Phi) is 5.58. The first-order chi connectivity index (χ1) is 16.5. The van der Waals surface area contributed by atoms with Crippen LogP contribution in [0.15, 0.2) is 100 Å². The topological polar surface area (TPSA) is 84.9 Å². The summed E-state index contributed by atoms with van der Waals surface area (Å²) in [6.45, 7) is 0. The molecule has 34 heavy (non-hydrogen) atoms. The number of phenolic OH excluding ortho intramolecular Hbond substituents is 1. The van der Waals surface area contributed by atoms with E-state index in [1.165, 1.54) is 30.3 Å². The average Bonchev–Trinajstić information content (AvgIpc) is 3.28. The van der Waals surface area contributed by atoms with Gasteiger partial charge in [-0.15, -0.1) is 0 Å². The standard InChI is InChI=1S/C27H17FN2O4/c28-19-9-7-18(8-10-19)27(32)33-21-12-5-17(6-13-21)16-29-20-11-14-22(24(31)15-20)26-30-23-3-1-2-4-25(23)34-26/h1-16,31H. The summed E-state index contributed by atoms with van der Waals surface area (Å²) in [6, 6.07) is 24.2. The van der Waals surface area contributed by atoms with E-state index < -0.39 is 11.8 Å².